The van der Waals surface area contributed by atoms with E-state index in [-0.39, 0.29) is 24.2 Å². The molecule has 0 saturated carbocycles. The maximum atomic E-state index is 11.1. The van der Waals surface area contributed by atoms with Crippen LogP contribution in [0.15, 0.2) is 42.5 Å². The van der Waals surface area contributed by atoms with E-state index < -0.39 is 14.0 Å². The molecule has 2 aromatic rings. The number of rotatable bonds is 6. The van der Waals surface area contributed by atoms with Crippen molar-refractivity contribution in [3.8, 4) is 11.1 Å². The molecule has 23 heavy (non-hydrogen) atoms. The zero-order valence-electron chi connectivity index (χ0n) is 12.1. The number of hydrogen-bond donors (Lipinski definition) is 3. The summed E-state index contributed by atoms with van der Waals surface area (Å²) in [4.78, 5) is 20.2. The molecule has 5 nitrogen and oxygen atoms in total. The van der Waals surface area contributed by atoms with Gasteiger partial charge in [0, 0.05) is 23.0 Å². The van der Waals surface area contributed by atoms with Gasteiger partial charge in [-0.2, -0.15) is 4.89 Å². The summed E-state index contributed by atoms with van der Waals surface area (Å²) in [6.45, 7) is 0.234. The minimum Gasteiger partial charge on any atom is -0.478 e. The maximum Gasteiger partial charge on any atom is 0.506 e. The van der Waals surface area contributed by atoms with Crippen molar-refractivity contribution in [1.82, 2.24) is 0 Å². The van der Waals surface area contributed by atoms with Crippen LogP contribution in [-0.2, 0) is 4.57 Å². The number of carboxylic acid groups (broad SMARTS) is 1. The molecule has 0 bridgehead atoms. The van der Waals surface area contributed by atoms with Crippen molar-refractivity contribution >= 4 is 25.6 Å². The molecule has 0 fully saturated rings. The van der Waals surface area contributed by atoms with Crippen LogP contribution in [0.4, 0.5) is 0 Å². The van der Waals surface area contributed by atoms with E-state index in [4.69, 9.17) is 27.3 Å². The summed E-state index contributed by atoms with van der Waals surface area (Å²) in [7, 11) is -2.30. The summed E-state index contributed by atoms with van der Waals surface area (Å²) in [6.07, 6.45) is 0.0715. The Kier molecular flexibility index (Phi) is 5.85. The van der Waals surface area contributed by atoms with E-state index >= 15 is 0 Å². The average molecular weight is 353 g/mol. The van der Waals surface area contributed by atoms with E-state index in [1.165, 1.54) is 12.1 Å². The van der Waals surface area contributed by atoms with Crippen LogP contribution in [0.1, 0.15) is 21.8 Å². The first-order valence-electron chi connectivity index (χ1n) is 6.89. The van der Waals surface area contributed by atoms with Crippen LogP contribution in [0.2, 0.25) is 5.02 Å². The number of benzene rings is 2. The van der Waals surface area contributed by atoms with Gasteiger partial charge < -0.3 is 10.8 Å². The summed E-state index contributed by atoms with van der Waals surface area (Å²) < 4.78 is 11.1. The molecule has 0 aliphatic heterocycles. The molecule has 0 amide bonds. The van der Waals surface area contributed by atoms with E-state index in [0.717, 1.165) is 5.56 Å². The minimum absolute atomic E-state index is 0.0715. The molecule has 0 radical (unpaired) electrons. The highest BCUT2D eigenvalue weighted by Crippen LogP contribution is 2.33. The van der Waals surface area contributed by atoms with Gasteiger partial charge in [0.15, 0.2) is 6.16 Å². The van der Waals surface area contributed by atoms with Crippen LogP contribution in [0.3, 0.4) is 0 Å². The fraction of sp³-hybridized carbons (Fsp3) is 0.188. The molecule has 0 aromatic heterocycles. The predicted octanol–water partition coefficient (Wildman–Crippen LogP) is 3.48. The molecule has 2 atom stereocenters. The Morgan fingerprint density at radius 2 is 2.00 bits per heavy atom. The highest BCUT2D eigenvalue weighted by Gasteiger charge is 2.22. The number of carboxylic acids is 1. The smallest absolute Gasteiger partial charge is 0.478 e. The molecular weight excluding hydrogens is 337 g/mol. The monoisotopic (exact) mass is 352 g/mol. The number of carbonyl (C=O) groups is 1. The topological polar surface area (TPSA) is 101 Å². The molecule has 0 aliphatic rings. The van der Waals surface area contributed by atoms with E-state index in [1.54, 1.807) is 30.3 Å². The van der Waals surface area contributed by atoms with Gasteiger partial charge in [-0.25, -0.2) is 4.79 Å². The van der Waals surface area contributed by atoms with Gasteiger partial charge in [-0.15, -0.1) is 0 Å². The second kappa shape index (κ2) is 7.66. The van der Waals surface area contributed by atoms with Crippen molar-refractivity contribution in [2.24, 2.45) is 5.73 Å². The molecule has 0 saturated heterocycles. The van der Waals surface area contributed by atoms with E-state index in [9.17, 15) is 9.36 Å². The fourth-order valence-corrected chi connectivity index (χ4v) is 3.31. The molecule has 0 heterocycles. The Labute approximate surface area is 139 Å². The maximum absolute atomic E-state index is 11.1. The van der Waals surface area contributed by atoms with Crippen molar-refractivity contribution in [3.05, 3.63) is 58.6 Å². The van der Waals surface area contributed by atoms with Crippen molar-refractivity contribution in [2.75, 3.05) is 12.7 Å². The first-order valence-corrected chi connectivity index (χ1v) is 8.66. The fourth-order valence-electron chi connectivity index (χ4n) is 2.34. The number of halogens is 1. The third kappa shape index (κ3) is 4.36. The van der Waals surface area contributed by atoms with E-state index in [1.807, 2.05) is 0 Å². The van der Waals surface area contributed by atoms with E-state index in [2.05, 4.69) is 0 Å². The van der Waals surface area contributed by atoms with Crippen molar-refractivity contribution in [3.63, 3.8) is 0 Å². The van der Waals surface area contributed by atoms with Crippen LogP contribution < -0.4 is 5.73 Å². The average Bonchev–Trinajstić information content (AvgIpc) is 2.53. The molecule has 7 heteroatoms. The van der Waals surface area contributed by atoms with E-state index in [0.29, 0.717) is 16.1 Å². The minimum atomic E-state index is -2.30. The number of aromatic carboxylic acids is 1. The standard InChI is InChI=1S/C16H15ClNO4P/c17-15-5-4-10(13(8-18)9-23(21)22)7-14(15)11-2-1-3-12(6-11)16(19)20/h1-7,13H,8-9,18H2,(H-,19,20,21,22)/p+1. The second-order valence-electron chi connectivity index (χ2n) is 5.09. The molecule has 2 rings (SSSR count). The van der Waals surface area contributed by atoms with Crippen LogP contribution in [-0.4, -0.2) is 28.7 Å². The lowest BCUT2D eigenvalue weighted by atomic mass is 9.95. The quantitative estimate of drug-likeness (QED) is 0.691. The first kappa shape index (κ1) is 17.6. The van der Waals surface area contributed by atoms with Gasteiger partial charge in [-0.05, 0) is 40.0 Å². The molecule has 2 aromatic carbocycles. The van der Waals surface area contributed by atoms with Crippen molar-refractivity contribution in [2.45, 2.75) is 5.92 Å². The van der Waals surface area contributed by atoms with Crippen LogP contribution >= 0.6 is 19.6 Å². The largest absolute Gasteiger partial charge is 0.506 e. The Morgan fingerprint density at radius 3 is 2.61 bits per heavy atom. The summed E-state index contributed by atoms with van der Waals surface area (Å²) in [5.41, 5.74) is 7.99. The van der Waals surface area contributed by atoms with Crippen molar-refractivity contribution < 1.29 is 19.4 Å². The number of nitrogens with two attached hydrogens (primary N) is 1. The summed E-state index contributed by atoms with van der Waals surface area (Å²) in [6, 6.07) is 11.7. The zero-order valence-corrected chi connectivity index (χ0v) is 13.8. The first-order chi connectivity index (χ1) is 10.9. The summed E-state index contributed by atoms with van der Waals surface area (Å²) in [5, 5.41) is 9.57. The van der Waals surface area contributed by atoms with Gasteiger partial charge in [-0.1, -0.05) is 29.8 Å². The zero-order chi connectivity index (χ0) is 17.0. The normalized spacial score (nSPS) is 12.7. The van der Waals surface area contributed by atoms with Gasteiger partial charge >= 0.3 is 14.0 Å². The molecule has 0 aliphatic carbocycles. The van der Waals surface area contributed by atoms with Gasteiger partial charge in [0.05, 0.1) is 5.56 Å². The van der Waals surface area contributed by atoms with Crippen molar-refractivity contribution in [1.29, 1.82) is 0 Å². The highest BCUT2D eigenvalue weighted by molar-refractivity contribution is 7.38. The number of hydrogen-bond acceptors (Lipinski definition) is 3. The molecule has 2 unspecified atom stereocenters. The van der Waals surface area contributed by atoms with Crippen LogP contribution in [0.25, 0.3) is 11.1 Å². The Balaban J connectivity index is 2.47. The third-order valence-electron chi connectivity index (χ3n) is 3.54. The van der Waals surface area contributed by atoms with Gasteiger partial charge in [0.2, 0.25) is 0 Å². The lowest BCUT2D eigenvalue weighted by Gasteiger charge is -2.13. The molecule has 120 valence electrons. The Morgan fingerprint density at radius 1 is 1.26 bits per heavy atom. The van der Waals surface area contributed by atoms with Crippen LogP contribution in [0.5, 0.6) is 0 Å². The van der Waals surface area contributed by atoms with Crippen LogP contribution in [0, 0.1) is 0 Å². The lowest BCUT2D eigenvalue weighted by molar-refractivity contribution is 0.0697. The molecular formula is C16H16ClNO4P+. The SMILES string of the molecule is NCC(C[P+](=O)O)c1ccc(Cl)c(-c2cccc(C(=O)O)c2)c1. The Bertz CT molecular complexity index is 751. The Hall–Kier alpha value is -1.78. The third-order valence-corrected chi connectivity index (χ3v) is 4.63. The molecule has 4 N–H and O–H groups in total. The summed E-state index contributed by atoms with van der Waals surface area (Å²) >= 11 is 6.23. The van der Waals surface area contributed by atoms with Gasteiger partial charge in [0.1, 0.15) is 0 Å². The second-order valence-corrected chi connectivity index (χ2v) is 6.57. The molecule has 0 spiro atoms. The highest BCUT2D eigenvalue weighted by atomic mass is 35.5. The predicted molar refractivity (Wildman–Crippen MR) is 90.3 cm³/mol. The lowest BCUT2D eigenvalue weighted by Crippen LogP contribution is -2.14. The van der Waals surface area contributed by atoms with Gasteiger partial charge in [-0.3, -0.25) is 0 Å². The van der Waals surface area contributed by atoms with Gasteiger partial charge in [0.25, 0.3) is 0 Å². The summed E-state index contributed by atoms with van der Waals surface area (Å²) in [5.74, 6) is -1.28.